The van der Waals surface area contributed by atoms with Crippen LogP contribution in [0.15, 0.2) is 39.8 Å². The molecule has 5 nitrogen and oxygen atoms in total. The maximum absolute atomic E-state index is 13.1. The van der Waals surface area contributed by atoms with Crippen LogP contribution < -0.4 is 0 Å². The lowest BCUT2D eigenvalue weighted by Crippen LogP contribution is -2.38. The third kappa shape index (κ3) is 4.06. The quantitative estimate of drug-likeness (QED) is 0.740. The highest BCUT2D eigenvalue weighted by Gasteiger charge is 2.37. The van der Waals surface area contributed by atoms with Gasteiger partial charge < -0.3 is 4.42 Å². The first-order chi connectivity index (χ1) is 12.6. The Kier molecular flexibility index (Phi) is 5.40. The van der Waals surface area contributed by atoms with E-state index in [0.717, 1.165) is 25.0 Å². The molecule has 1 fully saturated rings. The Morgan fingerprint density at radius 3 is 2.41 bits per heavy atom. The highest BCUT2D eigenvalue weighted by Crippen LogP contribution is 2.36. The topological polar surface area (TPSA) is 63.4 Å². The van der Waals surface area contributed by atoms with Crippen LogP contribution in [-0.4, -0.2) is 24.3 Å². The second kappa shape index (κ2) is 7.31. The van der Waals surface area contributed by atoms with Crippen molar-refractivity contribution in [2.45, 2.75) is 62.8 Å². The van der Waals surface area contributed by atoms with Crippen molar-refractivity contribution in [3.8, 4) is 0 Å². The van der Waals surface area contributed by atoms with Gasteiger partial charge in [-0.2, -0.15) is 4.31 Å². The number of hydrogen-bond donors (Lipinski definition) is 0. The molecular weight excluding hydrogens is 374 g/mol. The molecule has 0 saturated carbocycles. The molecule has 0 unspecified atom stereocenters. The van der Waals surface area contributed by atoms with Crippen LogP contribution in [0.5, 0.6) is 0 Å². The van der Waals surface area contributed by atoms with E-state index < -0.39 is 22.5 Å². The van der Waals surface area contributed by atoms with Crippen molar-refractivity contribution in [1.29, 1.82) is 0 Å². The molecule has 1 atom stereocenters. The van der Waals surface area contributed by atoms with Gasteiger partial charge in [0.05, 0.1) is 11.1 Å². The molecule has 0 radical (unpaired) electrons. The SMILES string of the molecule is CC(C)(C)c1cnc([C@@H]2CCCCN2S(=O)(=O)c2ccc(C(F)F)cc2)o1. The van der Waals surface area contributed by atoms with Gasteiger partial charge in [0.1, 0.15) is 11.8 Å². The predicted octanol–water partition coefficient (Wildman–Crippen LogP) is 4.83. The van der Waals surface area contributed by atoms with Crippen LogP contribution in [-0.2, 0) is 15.4 Å². The molecule has 8 heteroatoms. The number of alkyl halides is 2. The molecule has 0 bridgehead atoms. The number of halogens is 2. The summed E-state index contributed by atoms with van der Waals surface area (Å²) in [5.41, 5.74) is -0.430. The number of hydrogen-bond acceptors (Lipinski definition) is 4. The summed E-state index contributed by atoms with van der Waals surface area (Å²) >= 11 is 0. The van der Waals surface area contributed by atoms with Crippen molar-refractivity contribution >= 4 is 10.0 Å². The van der Waals surface area contributed by atoms with Crippen molar-refractivity contribution in [3.63, 3.8) is 0 Å². The second-order valence-electron chi connectivity index (χ2n) is 7.81. The Hall–Kier alpha value is -1.80. The molecule has 148 valence electrons. The Labute approximate surface area is 158 Å². The summed E-state index contributed by atoms with van der Waals surface area (Å²) in [6.07, 6.45) is 1.23. The van der Waals surface area contributed by atoms with Gasteiger partial charge in [0, 0.05) is 17.5 Å². The van der Waals surface area contributed by atoms with Gasteiger partial charge in [0.25, 0.3) is 6.43 Å². The molecule has 0 amide bonds. The van der Waals surface area contributed by atoms with Crippen LogP contribution >= 0.6 is 0 Å². The van der Waals surface area contributed by atoms with Gasteiger partial charge in [0.15, 0.2) is 0 Å². The summed E-state index contributed by atoms with van der Waals surface area (Å²) in [5, 5.41) is 0. The molecule has 0 spiro atoms. The van der Waals surface area contributed by atoms with Gasteiger partial charge in [-0.15, -0.1) is 0 Å². The molecular formula is C19H24F2N2O3S. The van der Waals surface area contributed by atoms with Crippen molar-refractivity contribution < 1.29 is 21.6 Å². The van der Waals surface area contributed by atoms with Gasteiger partial charge >= 0.3 is 0 Å². The highest BCUT2D eigenvalue weighted by atomic mass is 32.2. The van der Waals surface area contributed by atoms with Crippen molar-refractivity contribution in [2.24, 2.45) is 0 Å². The monoisotopic (exact) mass is 398 g/mol. The fourth-order valence-electron chi connectivity index (χ4n) is 3.15. The third-order valence-electron chi connectivity index (χ3n) is 4.74. The number of oxazole rings is 1. The van der Waals surface area contributed by atoms with E-state index in [4.69, 9.17) is 4.42 Å². The molecule has 1 aliphatic rings. The van der Waals surface area contributed by atoms with E-state index in [0.29, 0.717) is 24.6 Å². The number of benzene rings is 1. The number of aromatic nitrogens is 1. The summed E-state index contributed by atoms with van der Waals surface area (Å²) < 4.78 is 59.0. The molecule has 0 N–H and O–H groups in total. The standard InChI is InChI=1S/C19H24F2N2O3S/c1-19(2,3)16-12-22-18(26-16)15-6-4-5-11-23(15)27(24,25)14-9-7-13(8-10-14)17(20)21/h7-10,12,15,17H,4-6,11H2,1-3H3/t15-/m0/s1. The lowest BCUT2D eigenvalue weighted by molar-refractivity contribution is 0.151. The molecule has 1 aromatic heterocycles. The van der Waals surface area contributed by atoms with Crippen LogP contribution in [0.4, 0.5) is 8.78 Å². The summed E-state index contributed by atoms with van der Waals surface area (Å²) in [5.74, 6) is 1.08. The molecule has 0 aliphatic carbocycles. The number of rotatable bonds is 4. The largest absolute Gasteiger partial charge is 0.443 e. The summed E-state index contributed by atoms with van der Waals surface area (Å²) in [4.78, 5) is 4.33. The summed E-state index contributed by atoms with van der Waals surface area (Å²) in [6, 6.07) is 4.28. The first-order valence-electron chi connectivity index (χ1n) is 8.97. The zero-order valence-corrected chi connectivity index (χ0v) is 16.5. The van der Waals surface area contributed by atoms with E-state index in [1.54, 1.807) is 6.20 Å². The maximum atomic E-state index is 13.1. The molecule has 27 heavy (non-hydrogen) atoms. The van der Waals surface area contributed by atoms with Crippen LogP contribution in [0.2, 0.25) is 0 Å². The average molecular weight is 398 g/mol. The average Bonchev–Trinajstić information content (AvgIpc) is 3.12. The van der Waals surface area contributed by atoms with E-state index in [1.165, 1.54) is 16.4 Å². The van der Waals surface area contributed by atoms with Crippen LogP contribution in [0.25, 0.3) is 0 Å². The fourth-order valence-corrected chi connectivity index (χ4v) is 4.80. The highest BCUT2D eigenvalue weighted by molar-refractivity contribution is 7.89. The van der Waals surface area contributed by atoms with Crippen molar-refractivity contribution in [2.75, 3.05) is 6.54 Å². The fraction of sp³-hybridized carbons (Fsp3) is 0.526. The Bertz CT molecular complexity index is 886. The smallest absolute Gasteiger partial charge is 0.263 e. The van der Waals surface area contributed by atoms with Gasteiger partial charge in [-0.3, -0.25) is 0 Å². The lowest BCUT2D eigenvalue weighted by atomic mass is 9.94. The van der Waals surface area contributed by atoms with Crippen LogP contribution in [0.3, 0.4) is 0 Å². The van der Waals surface area contributed by atoms with Gasteiger partial charge in [-0.25, -0.2) is 22.2 Å². The number of nitrogens with zero attached hydrogens (tertiary/aromatic N) is 2. The van der Waals surface area contributed by atoms with Gasteiger partial charge in [-0.1, -0.05) is 39.3 Å². The minimum atomic E-state index is -3.84. The molecule has 1 saturated heterocycles. The number of sulfonamides is 1. The van der Waals surface area contributed by atoms with E-state index in [-0.39, 0.29) is 15.9 Å². The lowest BCUT2D eigenvalue weighted by Gasteiger charge is -2.32. The summed E-state index contributed by atoms with van der Waals surface area (Å²) in [7, 11) is -3.84. The zero-order valence-electron chi connectivity index (χ0n) is 15.7. The predicted molar refractivity (Wildman–Crippen MR) is 97.1 cm³/mol. The van der Waals surface area contributed by atoms with Crippen molar-refractivity contribution in [1.82, 2.24) is 9.29 Å². The molecule has 3 rings (SSSR count). The molecule has 1 aliphatic heterocycles. The minimum absolute atomic E-state index is 0.00130. The first kappa shape index (κ1) is 19.9. The first-order valence-corrected chi connectivity index (χ1v) is 10.4. The minimum Gasteiger partial charge on any atom is -0.443 e. The molecule has 1 aromatic carbocycles. The normalized spacial score (nSPS) is 19.6. The van der Waals surface area contributed by atoms with Gasteiger partial charge in [-0.05, 0) is 25.0 Å². The third-order valence-corrected chi connectivity index (χ3v) is 6.66. The maximum Gasteiger partial charge on any atom is 0.263 e. The van der Waals surface area contributed by atoms with Crippen LogP contribution in [0.1, 0.15) is 69.7 Å². The van der Waals surface area contributed by atoms with E-state index in [1.807, 2.05) is 20.8 Å². The molecule has 2 heterocycles. The molecule has 2 aromatic rings. The number of piperidine rings is 1. The van der Waals surface area contributed by atoms with E-state index in [2.05, 4.69) is 4.98 Å². The van der Waals surface area contributed by atoms with E-state index in [9.17, 15) is 17.2 Å². The Balaban J connectivity index is 1.93. The summed E-state index contributed by atoms with van der Waals surface area (Å²) in [6.45, 7) is 6.34. The van der Waals surface area contributed by atoms with Crippen LogP contribution in [0, 0.1) is 0 Å². The van der Waals surface area contributed by atoms with E-state index >= 15 is 0 Å². The Morgan fingerprint density at radius 1 is 1.19 bits per heavy atom. The van der Waals surface area contributed by atoms with Gasteiger partial charge in [0.2, 0.25) is 15.9 Å². The Morgan fingerprint density at radius 2 is 1.85 bits per heavy atom. The zero-order chi connectivity index (χ0) is 19.8. The van der Waals surface area contributed by atoms with Crippen molar-refractivity contribution in [3.05, 3.63) is 47.7 Å². The second-order valence-corrected chi connectivity index (χ2v) is 9.70.